The smallest absolute Gasteiger partial charge is 0.870 e. The van der Waals surface area contributed by atoms with Crippen molar-refractivity contribution in [2.75, 3.05) is 0 Å². The third-order valence-corrected chi connectivity index (χ3v) is 1.74. The van der Waals surface area contributed by atoms with Crippen LogP contribution >= 0.6 is 0 Å². The molecule has 0 aliphatic carbocycles. The van der Waals surface area contributed by atoms with E-state index in [-0.39, 0.29) is 35.5 Å². The molecule has 0 atom stereocenters. The molecule has 0 aromatic heterocycles. The van der Waals surface area contributed by atoms with Crippen LogP contribution in [0.3, 0.4) is 0 Å². The number of hydrogen-bond acceptors (Lipinski definition) is 2. The van der Waals surface area contributed by atoms with E-state index >= 15 is 0 Å². The Hall–Kier alpha value is -0.310. The zero-order valence-electron chi connectivity index (χ0n) is 8.20. The summed E-state index contributed by atoms with van der Waals surface area (Å²) in [7, 11) is 0. The molecule has 1 rings (SSSR count). The Morgan fingerprint density at radius 2 is 1.92 bits per heavy atom. The predicted octanol–water partition coefficient (Wildman–Crippen LogP) is -1.75. The summed E-state index contributed by atoms with van der Waals surface area (Å²) in [5, 5.41) is 10.9. The standard InChI is InChI=1S/C10H12O2.Na/c1-7(2)8-4-3-5-9(11)10(12)6-8;/h3-7H,1-2H3,(H,11,12);/q;+1/p-1. The maximum Gasteiger partial charge on any atom is 1.00 e. The fraction of sp³-hybridized carbons (Fsp3) is 0.300. The van der Waals surface area contributed by atoms with Crippen molar-refractivity contribution in [1.29, 1.82) is 0 Å². The normalized spacial score (nSPS) is 9.46. The third kappa shape index (κ3) is 3.51. The SMILES string of the molecule is CC(C)c1cccc([O-])c(=O)c1.[Na+]. The van der Waals surface area contributed by atoms with E-state index in [1.807, 2.05) is 13.8 Å². The van der Waals surface area contributed by atoms with Crippen molar-refractivity contribution in [3.63, 3.8) is 0 Å². The Bertz CT molecular complexity index is 334. The molecule has 64 valence electrons. The molecule has 0 bridgehead atoms. The minimum atomic E-state index is -0.443. The van der Waals surface area contributed by atoms with Crippen molar-refractivity contribution >= 4 is 0 Å². The van der Waals surface area contributed by atoms with Crippen LogP contribution in [0.4, 0.5) is 0 Å². The van der Waals surface area contributed by atoms with E-state index in [4.69, 9.17) is 0 Å². The summed E-state index contributed by atoms with van der Waals surface area (Å²) in [5.74, 6) is -0.161. The minimum Gasteiger partial charge on any atom is -0.870 e. The van der Waals surface area contributed by atoms with Gasteiger partial charge in [0.05, 0.1) is 0 Å². The van der Waals surface area contributed by atoms with E-state index in [0.29, 0.717) is 0 Å². The second-order valence-electron chi connectivity index (χ2n) is 3.05. The molecule has 2 nitrogen and oxygen atoms in total. The van der Waals surface area contributed by atoms with E-state index in [2.05, 4.69) is 0 Å². The summed E-state index contributed by atoms with van der Waals surface area (Å²) < 4.78 is 0. The van der Waals surface area contributed by atoms with Crippen LogP contribution in [0.2, 0.25) is 0 Å². The zero-order valence-corrected chi connectivity index (χ0v) is 10.2. The van der Waals surface area contributed by atoms with Crippen LogP contribution in [-0.2, 0) is 0 Å². The summed E-state index contributed by atoms with van der Waals surface area (Å²) in [6, 6.07) is 6.13. The first-order valence-corrected chi connectivity index (χ1v) is 3.92. The van der Waals surface area contributed by atoms with Gasteiger partial charge in [0.2, 0.25) is 0 Å². The molecular formula is C10H11NaO2. The van der Waals surface area contributed by atoms with Crippen LogP contribution in [0, 0.1) is 0 Å². The molecule has 1 aromatic carbocycles. The van der Waals surface area contributed by atoms with Gasteiger partial charge in [-0.15, -0.1) is 0 Å². The fourth-order valence-electron chi connectivity index (χ4n) is 0.958. The van der Waals surface area contributed by atoms with E-state index in [9.17, 15) is 9.90 Å². The van der Waals surface area contributed by atoms with Gasteiger partial charge in [-0.1, -0.05) is 37.8 Å². The topological polar surface area (TPSA) is 40.1 Å². The van der Waals surface area contributed by atoms with Gasteiger partial charge < -0.3 is 5.11 Å². The molecule has 0 radical (unpaired) electrons. The van der Waals surface area contributed by atoms with Crippen molar-refractivity contribution in [2.24, 2.45) is 0 Å². The van der Waals surface area contributed by atoms with Crippen LogP contribution in [0.25, 0.3) is 0 Å². The molecule has 0 heterocycles. The summed E-state index contributed by atoms with van der Waals surface area (Å²) >= 11 is 0. The number of hydrogen-bond donors (Lipinski definition) is 0. The largest absolute Gasteiger partial charge is 1.00 e. The molecule has 13 heavy (non-hydrogen) atoms. The monoisotopic (exact) mass is 186 g/mol. The van der Waals surface area contributed by atoms with Gasteiger partial charge in [-0.3, -0.25) is 4.79 Å². The summed E-state index contributed by atoms with van der Waals surface area (Å²) in [5.41, 5.74) is 0.478. The molecule has 0 saturated carbocycles. The Balaban J connectivity index is 0.00000144. The second-order valence-corrected chi connectivity index (χ2v) is 3.05. The van der Waals surface area contributed by atoms with Crippen molar-refractivity contribution in [2.45, 2.75) is 19.8 Å². The van der Waals surface area contributed by atoms with Crippen LogP contribution in [0.1, 0.15) is 25.3 Å². The van der Waals surface area contributed by atoms with Gasteiger partial charge >= 0.3 is 29.6 Å². The van der Waals surface area contributed by atoms with Gasteiger partial charge in [0.1, 0.15) is 0 Å². The van der Waals surface area contributed by atoms with Crippen LogP contribution in [-0.4, -0.2) is 0 Å². The van der Waals surface area contributed by atoms with Crippen molar-refractivity contribution < 1.29 is 34.7 Å². The van der Waals surface area contributed by atoms with Gasteiger partial charge in [-0.2, -0.15) is 0 Å². The van der Waals surface area contributed by atoms with Gasteiger partial charge in [0, 0.05) is 0 Å². The first-order valence-electron chi connectivity index (χ1n) is 3.92. The fourth-order valence-corrected chi connectivity index (χ4v) is 0.958. The summed E-state index contributed by atoms with van der Waals surface area (Å²) in [6.07, 6.45) is 0. The zero-order chi connectivity index (χ0) is 9.14. The first kappa shape index (κ1) is 12.7. The molecule has 0 fully saturated rings. The van der Waals surface area contributed by atoms with Gasteiger partial charge in [-0.05, 0) is 17.5 Å². The molecule has 0 aliphatic heterocycles. The Morgan fingerprint density at radius 1 is 1.31 bits per heavy atom. The van der Waals surface area contributed by atoms with Crippen molar-refractivity contribution in [3.05, 3.63) is 40.1 Å². The average molecular weight is 186 g/mol. The maximum atomic E-state index is 11.0. The van der Waals surface area contributed by atoms with E-state index < -0.39 is 11.2 Å². The maximum absolute atomic E-state index is 11.0. The molecule has 1 aromatic rings. The summed E-state index contributed by atoms with van der Waals surface area (Å²) in [6.45, 7) is 3.97. The molecule has 3 heteroatoms. The van der Waals surface area contributed by atoms with E-state index in [0.717, 1.165) is 5.56 Å². The van der Waals surface area contributed by atoms with Crippen LogP contribution < -0.4 is 40.1 Å². The third-order valence-electron chi connectivity index (χ3n) is 1.74. The Labute approximate surface area is 99.9 Å². The van der Waals surface area contributed by atoms with Crippen molar-refractivity contribution in [3.8, 4) is 5.75 Å². The molecular weight excluding hydrogens is 175 g/mol. The van der Waals surface area contributed by atoms with Gasteiger partial charge in [0.15, 0.2) is 5.43 Å². The quantitative estimate of drug-likeness (QED) is 0.488. The first-order chi connectivity index (χ1) is 5.61. The Kier molecular flexibility index (Phi) is 5.30. The van der Waals surface area contributed by atoms with Crippen LogP contribution in [0.15, 0.2) is 29.1 Å². The van der Waals surface area contributed by atoms with E-state index in [1.165, 1.54) is 12.1 Å². The molecule has 0 aliphatic rings. The van der Waals surface area contributed by atoms with Crippen LogP contribution in [0.5, 0.6) is 5.75 Å². The predicted molar refractivity (Wildman–Crippen MR) is 46.2 cm³/mol. The minimum absolute atomic E-state index is 0. The summed E-state index contributed by atoms with van der Waals surface area (Å²) in [4.78, 5) is 11.0. The Morgan fingerprint density at radius 3 is 2.46 bits per heavy atom. The number of rotatable bonds is 1. The van der Waals surface area contributed by atoms with Gasteiger partial charge in [0.25, 0.3) is 0 Å². The molecule has 0 amide bonds. The van der Waals surface area contributed by atoms with E-state index in [1.54, 1.807) is 12.1 Å². The van der Waals surface area contributed by atoms with Crippen molar-refractivity contribution in [1.82, 2.24) is 0 Å². The second kappa shape index (κ2) is 5.43. The molecule has 0 unspecified atom stereocenters. The molecule has 0 spiro atoms. The molecule has 0 N–H and O–H groups in total. The molecule has 0 saturated heterocycles. The van der Waals surface area contributed by atoms with Gasteiger partial charge in [-0.25, -0.2) is 0 Å². The average Bonchev–Trinajstić information content (AvgIpc) is 2.15.